The summed E-state index contributed by atoms with van der Waals surface area (Å²) in [6, 6.07) is 18.0. The van der Waals surface area contributed by atoms with Gasteiger partial charge in [0.15, 0.2) is 0 Å². The zero-order valence-electron chi connectivity index (χ0n) is 17.9. The number of methoxy groups -OCH3 is 2. The van der Waals surface area contributed by atoms with E-state index in [9.17, 15) is 5.26 Å². The molecule has 3 N–H and O–H groups in total. The number of ether oxygens (including phenoxy) is 3. The fourth-order valence-electron chi connectivity index (χ4n) is 4.23. The van der Waals surface area contributed by atoms with Crippen LogP contribution in [0.2, 0.25) is 0 Å². The number of benzene rings is 2. The van der Waals surface area contributed by atoms with Gasteiger partial charge in [-0.1, -0.05) is 24.3 Å². The number of nitrogens with one attached hydrogen (secondary N) is 1. The molecule has 2 aromatic carbocycles. The first-order chi connectivity index (χ1) is 15.0. The molecule has 0 aromatic heterocycles. The maximum absolute atomic E-state index is 9.85. The first-order valence-corrected chi connectivity index (χ1v) is 10.1. The van der Waals surface area contributed by atoms with Gasteiger partial charge < -0.3 is 24.8 Å². The van der Waals surface area contributed by atoms with Gasteiger partial charge >= 0.3 is 0 Å². The van der Waals surface area contributed by atoms with Crippen molar-refractivity contribution >= 4 is 6.08 Å². The smallest absolute Gasteiger partial charge is 0.205 e. The van der Waals surface area contributed by atoms with Crippen molar-refractivity contribution in [2.45, 2.75) is 5.92 Å². The first kappa shape index (κ1) is 20.6. The molecule has 0 saturated carbocycles. The van der Waals surface area contributed by atoms with E-state index in [1.807, 2.05) is 48.5 Å². The number of allylic oxidation sites excluding steroid dienone is 1. The van der Waals surface area contributed by atoms with E-state index in [4.69, 9.17) is 19.9 Å². The summed E-state index contributed by atoms with van der Waals surface area (Å²) in [5.74, 6) is 2.29. The maximum atomic E-state index is 9.85. The predicted molar refractivity (Wildman–Crippen MR) is 118 cm³/mol. The second-order valence-corrected chi connectivity index (χ2v) is 7.81. The van der Waals surface area contributed by atoms with Gasteiger partial charge in [0.25, 0.3) is 0 Å². The average molecular weight is 417 g/mol. The molecule has 0 radical (unpaired) electrons. The summed E-state index contributed by atoms with van der Waals surface area (Å²) in [6.07, 6.45) is 2.12. The van der Waals surface area contributed by atoms with Gasteiger partial charge in [-0.25, -0.2) is 0 Å². The number of likely N-dealkylation sites (N-methyl/N-ethyl adjacent to an activating group) is 1. The van der Waals surface area contributed by atoms with Crippen LogP contribution in [0.4, 0.5) is 0 Å². The Morgan fingerprint density at radius 3 is 2.23 bits per heavy atom. The van der Waals surface area contributed by atoms with Crippen molar-refractivity contribution in [1.82, 2.24) is 0 Å². The van der Waals surface area contributed by atoms with Gasteiger partial charge in [-0.15, -0.1) is 0 Å². The lowest BCUT2D eigenvalue weighted by molar-refractivity contribution is -0.871. The number of nitriles is 1. The number of rotatable bonds is 4. The van der Waals surface area contributed by atoms with E-state index in [2.05, 4.69) is 19.2 Å². The van der Waals surface area contributed by atoms with Crippen molar-refractivity contribution < 1.29 is 19.1 Å². The van der Waals surface area contributed by atoms with Crippen LogP contribution in [0.15, 0.2) is 76.9 Å². The molecule has 2 aliphatic rings. The van der Waals surface area contributed by atoms with Crippen molar-refractivity contribution in [2.24, 2.45) is 5.73 Å². The van der Waals surface area contributed by atoms with Crippen molar-refractivity contribution in [2.75, 3.05) is 34.4 Å². The van der Waals surface area contributed by atoms with Gasteiger partial charge in [-0.05, 0) is 41.5 Å². The average Bonchev–Trinajstić information content (AvgIpc) is 2.79. The molecule has 6 heteroatoms. The summed E-state index contributed by atoms with van der Waals surface area (Å²) in [6.45, 7) is 1.57. The van der Waals surface area contributed by atoms with Gasteiger partial charge in [0.1, 0.15) is 42.0 Å². The molecule has 6 nitrogen and oxygen atoms in total. The zero-order valence-corrected chi connectivity index (χ0v) is 17.9. The van der Waals surface area contributed by atoms with Crippen LogP contribution in [0.3, 0.4) is 0 Å². The lowest BCUT2D eigenvalue weighted by Gasteiger charge is -2.35. The van der Waals surface area contributed by atoms with E-state index in [0.717, 1.165) is 52.6 Å². The van der Waals surface area contributed by atoms with Gasteiger partial charge in [0.05, 0.1) is 27.2 Å². The molecular weight excluding hydrogens is 390 g/mol. The quantitative estimate of drug-likeness (QED) is 0.800. The third-order valence-electron chi connectivity index (χ3n) is 5.71. The Morgan fingerprint density at radius 1 is 1.03 bits per heavy atom. The molecule has 0 bridgehead atoms. The van der Waals surface area contributed by atoms with Crippen molar-refractivity contribution in [3.63, 3.8) is 0 Å². The molecule has 0 saturated heterocycles. The zero-order chi connectivity index (χ0) is 22.0. The Morgan fingerprint density at radius 2 is 1.65 bits per heavy atom. The maximum Gasteiger partial charge on any atom is 0.205 e. The number of hydrogen-bond acceptors (Lipinski definition) is 5. The fourth-order valence-corrected chi connectivity index (χ4v) is 4.23. The molecule has 2 heterocycles. The molecular formula is C25H26N3O3+. The number of quaternary nitrogens is 1. The molecule has 4 rings (SSSR count). The highest BCUT2D eigenvalue weighted by Crippen LogP contribution is 2.41. The summed E-state index contributed by atoms with van der Waals surface area (Å²) in [7, 11) is 5.43. The summed E-state index contributed by atoms with van der Waals surface area (Å²) in [4.78, 5) is 1.32. The Balaban J connectivity index is 1.81. The second kappa shape index (κ2) is 8.58. The van der Waals surface area contributed by atoms with Crippen LogP contribution in [0.1, 0.15) is 17.0 Å². The van der Waals surface area contributed by atoms with Gasteiger partial charge in [0, 0.05) is 11.1 Å². The molecule has 0 amide bonds. The number of nitrogens with two attached hydrogens (primary N) is 1. The SMILES string of the molecule is COc1ccc(/C=C2/C[NH+](C)CC3=C2OC(N)=C(C#N)[C@@H]3c2ccc(OC)cc2)cc1. The summed E-state index contributed by atoms with van der Waals surface area (Å²) < 4.78 is 16.6. The molecule has 158 valence electrons. The van der Waals surface area contributed by atoms with E-state index in [1.54, 1.807) is 14.2 Å². The standard InChI is InChI=1S/C25H25N3O3/c1-28-14-18(12-16-4-8-19(29-2)9-5-16)24-22(15-28)23(21(13-26)25(27)31-24)17-6-10-20(30-3)11-7-17/h4-12,23H,14-15,27H2,1-3H3/p+1/b18-12-/t23-/m0/s1. The van der Waals surface area contributed by atoms with Crippen LogP contribution in [-0.2, 0) is 4.74 Å². The van der Waals surface area contributed by atoms with Crippen molar-refractivity contribution in [1.29, 1.82) is 5.26 Å². The fraction of sp³-hybridized carbons (Fsp3) is 0.240. The Bertz CT molecular complexity index is 1110. The molecule has 31 heavy (non-hydrogen) atoms. The second-order valence-electron chi connectivity index (χ2n) is 7.81. The minimum atomic E-state index is -0.242. The predicted octanol–water partition coefficient (Wildman–Crippen LogP) is 2.38. The first-order valence-electron chi connectivity index (χ1n) is 10.1. The molecule has 0 fully saturated rings. The third-order valence-corrected chi connectivity index (χ3v) is 5.71. The van der Waals surface area contributed by atoms with Crippen LogP contribution in [0.5, 0.6) is 11.5 Å². The minimum Gasteiger partial charge on any atom is -0.497 e. The number of hydrogen-bond donors (Lipinski definition) is 2. The van der Waals surface area contributed by atoms with E-state index in [1.165, 1.54) is 4.90 Å². The third kappa shape index (κ3) is 4.00. The molecule has 0 aliphatic carbocycles. The van der Waals surface area contributed by atoms with Crippen LogP contribution in [0.25, 0.3) is 6.08 Å². The van der Waals surface area contributed by atoms with Crippen LogP contribution < -0.4 is 20.1 Å². The monoisotopic (exact) mass is 416 g/mol. The van der Waals surface area contributed by atoms with Gasteiger partial charge in [-0.2, -0.15) is 5.26 Å². The highest BCUT2D eigenvalue weighted by Gasteiger charge is 2.38. The summed E-state index contributed by atoms with van der Waals surface area (Å²) >= 11 is 0. The van der Waals surface area contributed by atoms with E-state index in [0.29, 0.717) is 5.57 Å². The molecule has 0 spiro atoms. The largest absolute Gasteiger partial charge is 0.497 e. The molecule has 2 aliphatic heterocycles. The summed E-state index contributed by atoms with van der Waals surface area (Å²) in [5, 5.41) is 9.85. The topological polar surface area (TPSA) is 81.9 Å². The van der Waals surface area contributed by atoms with Crippen LogP contribution in [-0.4, -0.2) is 34.4 Å². The lowest BCUT2D eigenvalue weighted by atomic mass is 9.80. The molecule has 2 aromatic rings. The Labute approximate surface area is 182 Å². The Kier molecular flexibility index (Phi) is 5.70. The molecule has 1 unspecified atom stereocenters. The van der Waals surface area contributed by atoms with Crippen molar-refractivity contribution in [3.05, 3.63) is 88.0 Å². The van der Waals surface area contributed by atoms with E-state index in [-0.39, 0.29) is 11.8 Å². The number of nitrogens with zero attached hydrogens (tertiary/aromatic N) is 1. The van der Waals surface area contributed by atoms with Crippen LogP contribution in [0, 0.1) is 11.3 Å². The van der Waals surface area contributed by atoms with Crippen molar-refractivity contribution in [3.8, 4) is 17.6 Å². The van der Waals surface area contributed by atoms with Crippen LogP contribution >= 0.6 is 0 Å². The summed E-state index contributed by atoms with van der Waals surface area (Å²) in [5.41, 5.74) is 10.9. The molecule has 2 atom stereocenters. The highest BCUT2D eigenvalue weighted by molar-refractivity contribution is 5.62. The minimum absolute atomic E-state index is 0.169. The Hall–Kier alpha value is -3.69. The normalized spacial score (nSPS) is 21.9. The van der Waals surface area contributed by atoms with Gasteiger partial charge in [-0.3, -0.25) is 0 Å². The van der Waals surface area contributed by atoms with Gasteiger partial charge in [0.2, 0.25) is 5.88 Å². The van der Waals surface area contributed by atoms with E-state index >= 15 is 0 Å². The van der Waals surface area contributed by atoms with E-state index < -0.39 is 0 Å². The lowest BCUT2D eigenvalue weighted by Crippen LogP contribution is -3.10. The highest BCUT2D eigenvalue weighted by atomic mass is 16.5.